The van der Waals surface area contributed by atoms with Crippen molar-refractivity contribution in [1.82, 2.24) is 5.32 Å². The second-order valence-electron chi connectivity index (χ2n) is 3.69. The third kappa shape index (κ3) is 4.08. The summed E-state index contributed by atoms with van der Waals surface area (Å²) in [6, 6.07) is 0. The quantitative estimate of drug-likeness (QED) is 0.501. The fourth-order valence-electron chi connectivity index (χ4n) is 1.52. The molecular formula is C10H25NO2Si. The molecule has 0 heterocycles. The van der Waals surface area contributed by atoms with Gasteiger partial charge in [0.25, 0.3) is 0 Å². The van der Waals surface area contributed by atoms with Gasteiger partial charge in [-0.15, -0.1) is 0 Å². The largest absolute Gasteiger partial charge is 0.397 e. The Balaban J connectivity index is 4.08. The molecular weight excluding hydrogens is 194 g/mol. The SMILES string of the molecule is CCCCNC(CC)[Si](C)(OC)OC. The number of hydrogen-bond acceptors (Lipinski definition) is 3. The van der Waals surface area contributed by atoms with Crippen LogP contribution in [-0.4, -0.2) is 35.0 Å². The Labute approximate surface area is 89.4 Å². The van der Waals surface area contributed by atoms with Gasteiger partial charge in [-0.3, -0.25) is 0 Å². The minimum atomic E-state index is -1.99. The minimum Gasteiger partial charge on any atom is -0.397 e. The Morgan fingerprint density at radius 2 is 1.79 bits per heavy atom. The summed E-state index contributed by atoms with van der Waals surface area (Å²) in [4.78, 5) is 0. The van der Waals surface area contributed by atoms with Gasteiger partial charge in [-0.1, -0.05) is 20.3 Å². The third-order valence-corrected chi connectivity index (χ3v) is 6.27. The highest BCUT2D eigenvalue weighted by atomic mass is 28.4. The van der Waals surface area contributed by atoms with E-state index in [2.05, 4.69) is 25.7 Å². The van der Waals surface area contributed by atoms with Crippen molar-refractivity contribution < 1.29 is 8.85 Å². The fourth-order valence-corrected chi connectivity index (χ4v) is 3.51. The number of hydrogen-bond donors (Lipinski definition) is 1. The smallest absolute Gasteiger partial charge is 0.351 e. The van der Waals surface area contributed by atoms with Gasteiger partial charge in [0, 0.05) is 14.2 Å². The van der Waals surface area contributed by atoms with Crippen molar-refractivity contribution in [3.8, 4) is 0 Å². The molecule has 0 radical (unpaired) electrons. The van der Waals surface area contributed by atoms with Crippen LogP contribution < -0.4 is 5.32 Å². The number of unbranched alkanes of at least 4 members (excludes halogenated alkanes) is 1. The Hall–Kier alpha value is 0.0969. The Morgan fingerprint density at radius 1 is 1.21 bits per heavy atom. The minimum absolute atomic E-state index is 0.393. The van der Waals surface area contributed by atoms with E-state index in [4.69, 9.17) is 8.85 Å². The topological polar surface area (TPSA) is 30.5 Å². The summed E-state index contributed by atoms with van der Waals surface area (Å²) in [5.41, 5.74) is 0.393. The highest BCUT2D eigenvalue weighted by molar-refractivity contribution is 6.67. The lowest BCUT2D eigenvalue weighted by atomic mass is 10.3. The van der Waals surface area contributed by atoms with Gasteiger partial charge < -0.3 is 14.2 Å². The van der Waals surface area contributed by atoms with Crippen LogP contribution in [0, 0.1) is 0 Å². The maximum Gasteiger partial charge on any atom is 0.351 e. The molecule has 86 valence electrons. The van der Waals surface area contributed by atoms with E-state index in [9.17, 15) is 0 Å². The summed E-state index contributed by atoms with van der Waals surface area (Å²) < 4.78 is 11.0. The monoisotopic (exact) mass is 219 g/mol. The molecule has 0 saturated heterocycles. The molecule has 0 spiro atoms. The molecule has 0 saturated carbocycles. The molecule has 1 N–H and O–H groups in total. The molecule has 0 aliphatic rings. The predicted octanol–water partition coefficient (Wildman–Crippen LogP) is 2.06. The van der Waals surface area contributed by atoms with Crippen molar-refractivity contribution in [2.24, 2.45) is 0 Å². The molecule has 0 aliphatic carbocycles. The highest BCUT2D eigenvalue weighted by Gasteiger charge is 2.37. The Morgan fingerprint density at radius 3 is 2.14 bits per heavy atom. The van der Waals surface area contributed by atoms with E-state index < -0.39 is 8.56 Å². The predicted molar refractivity (Wildman–Crippen MR) is 62.6 cm³/mol. The van der Waals surface area contributed by atoms with Crippen LogP contribution in [0.2, 0.25) is 6.55 Å². The van der Waals surface area contributed by atoms with Crippen LogP contribution in [0.4, 0.5) is 0 Å². The summed E-state index contributed by atoms with van der Waals surface area (Å²) in [6.45, 7) is 7.54. The second-order valence-corrected chi connectivity index (χ2v) is 7.24. The molecule has 0 aromatic rings. The van der Waals surface area contributed by atoms with E-state index in [-0.39, 0.29) is 0 Å². The first-order valence-electron chi connectivity index (χ1n) is 5.48. The zero-order valence-corrected chi connectivity index (χ0v) is 11.2. The lowest BCUT2D eigenvalue weighted by Crippen LogP contribution is -2.56. The zero-order chi connectivity index (χ0) is 11.0. The molecule has 0 amide bonds. The fraction of sp³-hybridized carbons (Fsp3) is 1.00. The van der Waals surface area contributed by atoms with E-state index in [0.717, 1.165) is 13.0 Å². The van der Waals surface area contributed by atoms with E-state index in [1.807, 2.05) is 0 Å². The lowest BCUT2D eigenvalue weighted by molar-refractivity contribution is 0.228. The van der Waals surface area contributed by atoms with Crippen LogP contribution in [0.25, 0.3) is 0 Å². The third-order valence-electron chi connectivity index (χ3n) is 2.77. The molecule has 0 aromatic heterocycles. The van der Waals surface area contributed by atoms with Crippen molar-refractivity contribution in [1.29, 1.82) is 0 Å². The van der Waals surface area contributed by atoms with Crippen LogP contribution >= 0.6 is 0 Å². The summed E-state index contributed by atoms with van der Waals surface area (Å²) in [5, 5.41) is 3.52. The molecule has 0 aromatic carbocycles. The van der Waals surface area contributed by atoms with Crippen LogP contribution in [-0.2, 0) is 8.85 Å². The van der Waals surface area contributed by atoms with Crippen molar-refractivity contribution in [3.05, 3.63) is 0 Å². The van der Waals surface area contributed by atoms with Crippen LogP contribution in [0.3, 0.4) is 0 Å². The lowest BCUT2D eigenvalue weighted by Gasteiger charge is -2.32. The average Bonchev–Trinajstić information content (AvgIpc) is 2.23. The first-order chi connectivity index (χ1) is 6.64. The summed E-state index contributed by atoms with van der Waals surface area (Å²) >= 11 is 0. The van der Waals surface area contributed by atoms with Crippen molar-refractivity contribution in [2.75, 3.05) is 20.8 Å². The molecule has 0 rings (SSSR count). The molecule has 0 aliphatic heterocycles. The number of rotatable bonds is 8. The van der Waals surface area contributed by atoms with Gasteiger partial charge in [-0.2, -0.15) is 0 Å². The van der Waals surface area contributed by atoms with E-state index in [1.54, 1.807) is 14.2 Å². The van der Waals surface area contributed by atoms with Gasteiger partial charge in [-0.05, 0) is 25.9 Å². The molecule has 1 unspecified atom stereocenters. The van der Waals surface area contributed by atoms with Crippen LogP contribution in [0.1, 0.15) is 33.1 Å². The van der Waals surface area contributed by atoms with Gasteiger partial charge >= 0.3 is 8.56 Å². The number of nitrogens with one attached hydrogen (secondary N) is 1. The standard InChI is InChI=1S/C10H25NO2Si/c1-6-8-9-11-10(7-2)14(5,12-3)13-4/h10-11H,6-9H2,1-5H3. The van der Waals surface area contributed by atoms with Crippen molar-refractivity contribution >= 4 is 8.56 Å². The van der Waals surface area contributed by atoms with Crippen LogP contribution in [0.15, 0.2) is 0 Å². The summed E-state index contributed by atoms with van der Waals surface area (Å²) in [6.07, 6.45) is 3.50. The maximum absolute atomic E-state index is 5.52. The Kier molecular flexibility index (Phi) is 7.45. The molecule has 0 fully saturated rings. The molecule has 0 bridgehead atoms. The highest BCUT2D eigenvalue weighted by Crippen LogP contribution is 2.13. The van der Waals surface area contributed by atoms with Gasteiger partial charge in [0.1, 0.15) is 0 Å². The first-order valence-corrected chi connectivity index (χ1v) is 7.87. The molecule has 3 nitrogen and oxygen atoms in total. The summed E-state index contributed by atoms with van der Waals surface area (Å²) in [5.74, 6) is 0. The molecule has 4 heteroatoms. The van der Waals surface area contributed by atoms with Gasteiger partial charge in [0.15, 0.2) is 0 Å². The summed E-state index contributed by atoms with van der Waals surface area (Å²) in [7, 11) is 1.51. The van der Waals surface area contributed by atoms with Gasteiger partial charge in [0.05, 0.1) is 5.67 Å². The first kappa shape index (κ1) is 14.1. The van der Waals surface area contributed by atoms with Crippen LogP contribution in [0.5, 0.6) is 0 Å². The van der Waals surface area contributed by atoms with Crippen molar-refractivity contribution in [3.63, 3.8) is 0 Å². The van der Waals surface area contributed by atoms with Gasteiger partial charge in [-0.25, -0.2) is 0 Å². The van der Waals surface area contributed by atoms with E-state index >= 15 is 0 Å². The molecule has 14 heavy (non-hydrogen) atoms. The second kappa shape index (κ2) is 7.40. The average molecular weight is 219 g/mol. The van der Waals surface area contributed by atoms with Crippen molar-refractivity contribution in [2.45, 2.75) is 45.3 Å². The molecule has 1 atom stereocenters. The normalized spacial score (nSPS) is 14.4. The van der Waals surface area contributed by atoms with E-state index in [0.29, 0.717) is 5.67 Å². The van der Waals surface area contributed by atoms with E-state index in [1.165, 1.54) is 12.8 Å². The maximum atomic E-state index is 5.52. The van der Waals surface area contributed by atoms with Gasteiger partial charge in [0.2, 0.25) is 0 Å². The Bertz CT molecular complexity index is 140. The zero-order valence-electron chi connectivity index (χ0n) is 10.2.